The molecule has 36 heavy (non-hydrogen) atoms. The van der Waals surface area contributed by atoms with E-state index in [2.05, 4.69) is 10.3 Å². The lowest BCUT2D eigenvalue weighted by molar-refractivity contribution is -0.154. The summed E-state index contributed by atoms with van der Waals surface area (Å²) in [5.41, 5.74) is 2.92. The number of carboxylic acids is 1. The highest BCUT2D eigenvalue weighted by atomic mass is 19.1. The number of carbonyl (C=O) groups is 3. The van der Waals surface area contributed by atoms with E-state index in [-0.39, 0.29) is 36.5 Å². The number of halogens is 1. The number of rotatable bonds is 5. The Hall–Kier alpha value is -3.49. The van der Waals surface area contributed by atoms with Crippen molar-refractivity contribution in [2.75, 3.05) is 19.0 Å². The van der Waals surface area contributed by atoms with Crippen LogP contribution in [0.25, 0.3) is 0 Å². The molecule has 2 aliphatic carbocycles. The Morgan fingerprint density at radius 1 is 1.17 bits per heavy atom. The van der Waals surface area contributed by atoms with Crippen molar-refractivity contribution in [2.24, 2.45) is 11.8 Å². The van der Waals surface area contributed by atoms with E-state index in [1.807, 2.05) is 19.9 Å². The average molecular weight is 496 g/mol. The maximum atomic E-state index is 15.0. The second kappa shape index (κ2) is 8.87. The van der Waals surface area contributed by atoms with Crippen LogP contribution in [-0.4, -0.2) is 46.4 Å². The van der Waals surface area contributed by atoms with E-state index in [1.165, 1.54) is 18.1 Å². The van der Waals surface area contributed by atoms with Gasteiger partial charge >= 0.3 is 5.97 Å². The second-order valence-electron chi connectivity index (χ2n) is 10.6. The van der Waals surface area contributed by atoms with Crippen LogP contribution in [0.15, 0.2) is 24.3 Å². The van der Waals surface area contributed by atoms with Gasteiger partial charge < -0.3 is 20.1 Å². The number of amides is 2. The van der Waals surface area contributed by atoms with E-state index < -0.39 is 29.8 Å². The molecule has 3 aliphatic rings. The summed E-state index contributed by atoms with van der Waals surface area (Å²) in [7, 11) is 1.51. The Morgan fingerprint density at radius 3 is 2.61 bits per heavy atom. The summed E-state index contributed by atoms with van der Waals surface area (Å²) in [4.78, 5) is 44.3. The first-order valence-corrected chi connectivity index (χ1v) is 12.3. The van der Waals surface area contributed by atoms with Crippen LogP contribution in [0.5, 0.6) is 5.88 Å². The van der Waals surface area contributed by atoms with Crippen molar-refractivity contribution < 1.29 is 28.6 Å². The minimum atomic E-state index is -0.962. The fourth-order valence-electron chi connectivity index (χ4n) is 5.83. The maximum Gasteiger partial charge on any atom is 0.306 e. The predicted molar refractivity (Wildman–Crippen MR) is 129 cm³/mol. The highest BCUT2D eigenvalue weighted by Gasteiger charge is 2.45. The van der Waals surface area contributed by atoms with Crippen molar-refractivity contribution in [3.63, 3.8) is 0 Å². The second-order valence-corrected chi connectivity index (χ2v) is 10.6. The molecule has 0 unspecified atom stereocenters. The van der Waals surface area contributed by atoms with Crippen LogP contribution in [0.3, 0.4) is 0 Å². The molecule has 1 saturated carbocycles. The van der Waals surface area contributed by atoms with Crippen molar-refractivity contribution in [1.82, 2.24) is 9.88 Å². The Bertz CT molecular complexity index is 1250. The Morgan fingerprint density at radius 2 is 1.92 bits per heavy atom. The third kappa shape index (κ3) is 4.10. The molecular formula is C27H30FN3O5. The monoisotopic (exact) mass is 495 g/mol. The number of aryl methyl sites for hydroxylation is 1. The molecule has 0 saturated heterocycles. The van der Waals surface area contributed by atoms with Gasteiger partial charge in [0.15, 0.2) is 0 Å². The van der Waals surface area contributed by atoms with Crippen LogP contribution in [-0.2, 0) is 32.6 Å². The van der Waals surface area contributed by atoms with Crippen LogP contribution >= 0.6 is 0 Å². The van der Waals surface area contributed by atoms with Crippen molar-refractivity contribution in [3.05, 3.63) is 52.5 Å². The number of methoxy groups -OCH3 is 1. The summed E-state index contributed by atoms with van der Waals surface area (Å²) in [6.45, 7) is 4.30. The van der Waals surface area contributed by atoms with Gasteiger partial charge in [0, 0.05) is 36.2 Å². The lowest BCUT2D eigenvalue weighted by Gasteiger charge is -2.41. The number of aliphatic carboxylic acids is 1. The molecule has 2 aromatic rings. The van der Waals surface area contributed by atoms with Crippen LogP contribution in [0, 0.1) is 17.7 Å². The quantitative estimate of drug-likeness (QED) is 0.656. The molecule has 0 radical (unpaired) electrons. The number of hydrogen-bond acceptors (Lipinski definition) is 5. The van der Waals surface area contributed by atoms with E-state index in [4.69, 9.17) is 4.74 Å². The highest BCUT2D eigenvalue weighted by Crippen LogP contribution is 2.42. The number of aromatic nitrogens is 1. The third-order valence-corrected chi connectivity index (χ3v) is 7.89. The number of pyridine rings is 1. The summed E-state index contributed by atoms with van der Waals surface area (Å²) < 4.78 is 20.3. The van der Waals surface area contributed by atoms with Crippen molar-refractivity contribution in [2.45, 2.75) is 57.4 Å². The largest absolute Gasteiger partial charge is 0.481 e. The normalized spacial score (nSPS) is 23.8. The van der Waals surface area contributed by atoms with Gasteiger partial charge in [-0.2, -0.15) is 0 Å². The smallest absolute Gasteiger partial charge is 0.306 e. The molecule has 1 aromatic carbocycles. The van der Waals surface area contributed by atoms with Gasteiger partial charge in [0.2, 0.25) is 11.8 Å². The molecule has 1 aromatic heterocycles. The first-order chi connectivity index (χ1) is 17.1. The molecule has 9 heteroatoms. The zero-order valence-corrected chi connectivity index (χ0v) is 20.6. The maximum absolute atomic E-state index is 15.0. The van der Waals surface area contributed by atoms with Crippen LogP contribution in [0.2, 0.25) is 0 Å². The van der Waals surface area contributed by atoms with Crippen LogP contribution in [0.1, 0.15) is 61.5 Å². The predicted octanol–water partition coefficient (Wildman–Crippen LogP) is 3.63. The van der Waals surface area contributed by atoms with Gasteiger partial charge in [-0.15, -0.1) is 0 Å². The van der Waals surface area contributed by atoms with Gasteiger partial charge in [0.1, 0.15) is 11.9 Å². The lowest BCUT2D eigenvalue weighted by atomic mass is 9.73. The standard InChI is InChI=1S/C27H30FN3O5/c1-27(2)8-6-14-12-17(13-19(28)22(14)27)29-24(32)23-18-4-5-21(36-3)30-20(18)7-9-31(23)25(33)15-10-16(11-15)26(34)35/h4-5,12-13,15-16,23H,6-11H2,1-3H3,(H,29,32)(H,34,35)/t15-,16-,23-/m1/s1. The van der Waals surface area contributed by atoms with Gasteiger partial charge in [-0.1, -0.05) is 13.8 Å². The molecule has 2 N–H and O–H groups in total. The molecule has 1 aliphatic heterocycles. The zero-order chi connectivity index (χ0) is 25.8. The Labute approximate surface area is 208 Å². The molecular weight excluding hydrogens is 465 g/mol. The van der Waals surface area contributed by atoms with E-state index in [9.17, 15) is 19.5 Å². The van der Waals surface area contributed by atoms with Gasteiger partial charge in [-0.05, 0) is 60.4 Å². The molecule has 190 valence electrons. The summed E-state index contributed by atoms with van der Waals surface area (Å²) >= 11 is 0. The molecule has 8 nitrogen and oxygen atoms in total. The van der Waals surface area contributed by atoms with Crippen molar-refractivity contribution in [3.8, 4) is 5.88 Å². The first kappa shape index (κ1) is 24.2. The molecule has 5 rings (SSSR count). The Balaban J connectivity index is 1.45. The zero-order valence-electron chi connectivity index (χ0n) is 20.6. The van der Waals surface area contributed by atoms with Gasteiger partial charge in [0.05, 0.1) is 18.7 Å². The van der Waals surface area contributed by atoms with Crippen LogP contribution in [0.4, 0.5) is 10.1 Å². The summed E-state index contributed by atoms with van der Waals surface area (Å²) in [5.74, 6) is -2.50. The SMILES string of the molecule is COc1ccc2c(n1)CCN(C(=O)[C@H]1C[C@H](C(=O)O)C1)[C@H]2C(=O)Nc1cc(F)c2c(c1)CCC2(C)C. The van der Waals surface area contributed by atoms with Crippen LogP contribution < -0.4 is 10.1 Å². The minimum Gasteiger partial charge on any atom is -0.481 e. The van der Waals surface area contributed by atoms with Gasteiger partial charge in [0.25, 0.3) is 5.91 Å². The Kier molecular flexibility index (Phi) is 5.97. The van der Waals surface area contributed by atoms with Gasteiger partial charge in [-0.3, -0.25) is 14.4 Å². The number of hydrogen-bond donors (Lipinski definition) is 2. The number of ether oxygens (including phenoxy) is 1. The molecule has 1 atom stereocenters. The highest BCUT2D eigenvalue weighted by molar-refractivity contribution is 5.99. The molecule has 2 heterocycles. The summed E-state index contributed by atoms with van der Waals surface area (Å²) in [6.07, 6.45) is 2.54. The summed E-state index contributed by atoms with van der Waals surface area (Å²) in [6, 6.07) is 5.58. The minimum absolute atomic E-state index is 0.240. The van der Waals surface area contributed by atoms with Gasteiger partial charge in [-0.25, -0.2) is 9.37 Å². The first-order valence-electron chi connectivity index (χ1n) is 12.3. The van der Waals surface area contributed by atoms with E-state index in [0.717, 1.165) is 18.4 Å². The number of anilines is 1. The average Bonchev–Trinajstić information content (AvgIpc) is 3.11. The topological polar surface area (TPSA) is 109 Å². The fourth-order valence-corrected chi connectivity index (χ4v) is 5.83. The number of carboxylic acid groups (broad SMARTS) is 1. The van der Waals surface area contributed by atoms with Crippen molar-refractivity contribution in [1.29, 1.82) is 0 Å². The van der Waals surface area contributed by atoms with E-state index >= 15 is 4.39 Å². The number of fused-ring (bicyclic) bond motifs is 2. The molecule has 1 fully saturated rings. The fraction of sp³-hybridized carbons (Fsp3) is 0.481. The number of benzene rings is 1. The molecule has 0 bridgehead atoms. The van der Waals surface area contributed by atoms with Crippen molar-refractivity contribution >= 4 is 23.5 Å². The number of nitrogens with zero attached hydrogens (tertiary/aromatic N) is 2. The van der Waals surface area contributed by atoms with E-state index in [1.54, 1.807) is 12.1 Å². The number of carbonyl (C=O) groups excluding carboxylic acids is 2. The third-order valence-electron chi connectivity index (χ3n) is 7.89. The lowest BCUT2D eigenvalue weighted by Crippen LogP contribution is -2.50. The molecule has 2 amide bonds. The molecule has 0 spiro atoms. The number of nitrogens with one attached hydrogen (secondary N) is 1. The van der Waals surface area contributed by atoms with E-state index in [0.29, 0.717) is 34.8 Å². The summed E-state index contributed by atoms with van der Waals surface area (Å²) in [5, 5.41) is 12.0.